The first kappa shape index (κ1) is 25.7. The van der Waals surface area contributed by atoms with E-state index < -0.39 is 8.32 Å². The molecule has 0 unspecified atom stereocenters. The highest BCUT2D eigenvalue weighted by Crippen LogP contribution is 2.39. The summed E-state index contributed by atoms with van der Waals surface area (Å²) < 4.78 is 11.7. The second kappa shape index (κ2) is 11.5. The van der Waals surface area contributed by atoms with Crippen LogP contribution < -0.4 is 10.4 Å². The fourth-order valence-electron chi connectivity index (χ4n) is 4.51. The fourth-order valence-corrected chi connectivity index (χ4v) is 9.13. The normalized spacial score (nSPS) is 15.9. The standard InChI is InChI=1S/C29H34O4Si/c1-29(2,3)34(25-16-10-7-11-17-25,26-18-12-8-13-19-26)33-24-21-23(27(30)22-24)15-9-5-6-14-20-28(31)32-4/h7-8,10-13,16-19,21,24H,6,14-15,20,22H2,1-4H3/t24-/m0/s1. The molecule has 0 fully saturated rings. The van der Waals surface area contributed by atoms with E-state index in [1.807, 2.05) is 18.2 Å². The van der Waals surface area contributed by atoms with Crippen LogP contribution in [0.15, 0.2) is 72.3 Å². The van der Waals surface area contributed by atoms with Gasteiger partial charge in [-0.05, 0) is 27.9 Å². The van der Waals surface area contributed by atoms with Crippen LogP contribution in [0.1, 0.15) is 52.9 Å². The van der Waals surface area contributed by atoms with E-state index >= 15 is 0 Å². The molecule has 0 bridgehead atoms. The molecule has 0 heterocycles. The first-order chi connectivity index (χ1) is 16.3. The molecule has 0 amide bonds. The summed E-state index contributed by atoms with van der Waals surface area (Å²) in [6, 6.07) is 20.9. The van der Waals surface area contributed by atoms with Gasteiger partial charge in [0, 0.05) is 31.3 Å². The Bertz CT molecular complexity index is 1030. The Morgan fingerprint density at radius 2 is 1.59 bits per heavy atom. The van der Waals surface area contributed by atoms with E-state index in [9.17, 15) is 9.59 Å². The van der Waals surface area contributed by atoms with Crippen molar-refractivity contribution in [3.05, 3.63) is 72.3 Å². The Labute approximate surface area is 204 Å². The number of carbonyl (C=O) groups excluding carboxylic acids is 2. The lowest BCUT2D eigenvalue weighted by atomic mass is 10.1. The predicted octanol–water partition coefficient (Wildman–Crippen LogP) is 4.57. The summed E-state index contributed by atoms with van der Waals surface area (Å²) >= 11 is 0. The molecule has 1 atom stereocenters. The second-order valence-corrected chi connectivity index (χ2v) is 13.9. The molecule has 0 saturated heterocycles. The number of carbonyl (C=O) groups is 2. The zero-order chi connectivity index (χ0) is 24.6. The molecular formula is C29H34O4Si. The summed E-state index contributed by atoms with van der Waals surface area (Å²) in [5.74, 6) is 6.04. The van der Waals surface area contributed by atoms with Crippen LogP contribution in [0, 0.1) is 11.8 Å². The third-order valence-corrected chi connectivity index (χ3v) is 11.3. The maximum atomic E-state index is 12.8. The summed E-state index contributed by atoms with van der Waals surface area (Å²) in [5.41, 5.74) is 0.725. The summed E-state index contributed by atoms with van der Waals surface area (Å²) in [4.78, 5) is 24.0. The third kappa shape index (κ3) is 5.94. The summed E-state index contributed by atoms with van der Waals surface area (Å²) in [7, 11) is -1.33. The van der Waals surface area contributed by atoms with Crippen LogP contribution in [0.25, 0.3) is 0 Å². The van der Waals surface area contributed by atoms with Gasteiger partial charge in [0.2, 0.25) is 0 Å². The van der Waals surface area contributed by atoms with Crippen LogP contribution in [0.3, 0.4) is 0 Å². The monoisotopic (exact) mass is 474 g/mol. The van der Waals surface area contributed by atoms with Crippen LogP contribution >= 0.6 is 0 Å². The van der Waals surface area contributed by atoms with E-state index in [1.165, 1.54) is 17.5 Å². The summed E-state index contributed by atoms with van der Waals surface area (Å²) in [6.07, 6.45) is 4.10. The van der Waals surface area contributed by atoms with E-state index in [2.05, 4.69) is 85.9 Å². The Hall–Kier alpha value is -2.94. The van der Waals surface area contributed by atoms with Crippen molar-refractivity contribution in [2.75, 3.05) is 7.11 Å². The molecule has 1 aliphatic carbocycles. The average molecular weight is 475 g/mol. The van der Waals surface area contributed by atoms with Gasteiger partial charge in [-0.3, -0.25) is 9.59 Å². The van der Waals surface area contributed by atoms with Gasteiger partial charge in [0.15, 0.2) is 5.78 Å². The average Bonchev–Trinajstić information content (AvgIpc) is 3.18. The number of ketones is 1. The molecule has 0 radical (unpaired) electrons. The largest absolute Gasteiger partial charge is 0.469 e. The third-order valence-electron chi connectivity index (χ3n) is 6.19. The number of allylic oxidation sites excluding steroid dienone is 1. The van der Waals surface area contributed by atoms with Crippen molar-refractivity contribution < 1.29 is 18.8 Å². The van der Waals surface area contributed by atoms with Gasteiger partial charge in [0.1, 0.15) is 0 Å². The number of rotatable bonds is 8. The molecule has 3 rings (SSSR count). The lowest BCUT2D eigenvalue weighted by molar-refractivity contribution is -0.140. The fraction of sp³-hybridized carbons (Fsp3) is 0.379. The van der Waals surface area contributed by atoms with Gasteiger partial charge in [-0.2, -0.15) is 0 Å². The van der Waals surface area contributed by atoms with Gasteiger partial charge in [-0.15, -0.1) is 5.92 Å². The Balaban J connectivity index is 1.83. The molecule has 2 aromatic carbocycles. The molecule has 178 valence electrons. The lowest BCUT2D eigenvalue weighted by Gasteiger charge is -2.44. The second-order valence-electron chi connectivity index (χ2n) is 9.60. The van der Waals surface area contributed by atoms with Crippen molar-refractivity contribution in [3.63, 3.8) is 0 Å². The number of esters is 1. The van der Waals surface area contributed by atoms with Crippen molar-refractivity contribution in [1.82, 2.24) is 0 Å². The summed E-state index contributed by atoms with van der Waals surface area (Å²) in [6.45, 7) is 6.71. The molecule has 2 aromatic rings. The van der Waals surface area contributed by atoms with Gasteiger partial charge in [0.25, 0.3) is 8.32 Å². The summed E-state index contributed by atoms with van der Waals surface area (Å²) in [5, 5.41) is 2.26. The molecule has 0 aliphatic heterocycles. The molecule has 5 heteroatoms. The molecular weight excluding hydrogens is 440 g/mol. The highest BCUT2D eigenvalue weighted by atomic mass is 28.4. The number of hydrogen-bond donors (Lipinski definition) is 0. The predicted molar refractivity (Wildman–Crippen MR) is 138 cm³/mol. The Kier molecular flexibility index (Phi) is 8.65. The van der Waals surface area contributed by atoms with Crippen LogP contribution in [0.2, 0.25) is 5.04 Å². The Morgan fingerprint density at radius 3 is 2.12 bits per heavy atom. The highest BCUT2D eigenvalue weighted by Gasteiger charge is 2.51. The van der Waals surface area contributed by atoms with Crippen LogP contribution in [0.4, 0.5) is 0 Å². The quantitative estimate of drug-likeness (QED) is 0.243. The number of hydrogen-bond acceptors (Lipinski definition) is 4. The van der Waals surface area contributed by atoms with Crippen molar-refractivity contribution in [1.29, 1.82) is 0 Å². The minimum absolute atomic E-state index is 0.104. The van der Waals surface area contributed by atoms with Gasteiger partial charge >= 0.3 is 5.97 Å². The number of methoxy groups -OCH3 is 1. The SMILES string of the molecule is COC(=O)CCCC#CCC1=C[C@H](O[Si](c2ccccc2)(c2ccccc2)C(C)(C)C)CC1=O. The minimum atomic E-state index is -2.71. The van der Waals surface area contributed by atoms with Gasteiger partial charge < -0.3 is 9.16 Å². The van der Waals surface area contributed by atoms with Crippen molar-refractivity contribution in [3.8, 4) is 11.8 Å². The number of Topliss-reactive ketones (excluding diaryl/α,β-unsaturated/α-hetero) is 1. The first-order valence-corrected chi connectivity index (χ1v) is 13.7. The minimum Gasteiger partial charge on any atom is -0.469 e. The van der Waals surface area contributed by atoms with E-state index in [4.69, 9.17) is 4.43 Å². The smallest absolute Gasteiger partial charge is 0.305 e. The molecule has 0 saturated carbocycles. The first-order valence-electron chi connectivity index (χ1n) is 11.8. The van der Waals surface area contributed by atoms with Crippen LogP contribution in [0.5, 0.6) is 0 Å². The molecule has 1 aliphatic rings. The maximum absolute atomic E-state index is 12.8. The topological polar surface area (TPSA) is 52.6 Å². The van der Waals surface area contributed by atoms with Gasteiger partial charge in [-0.1, -0.05) is 87.4 Å². The zero-order valence-electron chi connectivity index (χ0n) is 20.6. The lowest BCUT2D eigenvalue weighted by Crippen LogP contribution is -2.67. The Morgan fingerprint density at radius 1 is 1.00 bits per heavy atom. The molecule has 4 nitrogen and oxygen atoms in total. The van der Waals surface area contributed by atoms with Crippen LogP contribution in [-0.2, 0) is 18.8 Å². The van der Waals surface area contributed by atoms with E-state index in [1.54, 1.807) is 0 Å². The number of benzene rings is 2. The van der Waals surface area contributed by atoms with Gasteiger partial charge in [0.05, 0.1) is 13.2 Å². The molecule has 0 aromatic heterocycles. The van der Waals surface area contributed by atoms with Crippen molar-refractivity contribution in [2.24, 2.45) is 0 Å². The van der Waals surface area contributed by atoms with E-state index in [0.29, 0.717) is 32.1 Å². The number of unbranched alkanes of at least 4 members (excludes halogenated alkanes) is 1. The van der Waals surface area contributed by atoms with Crippen LogP contribution in [-0.4, -0.2) is 33.3 Å². The van der Waals surface area contributed by atoms with E-state index in [-0.39, 0.29) is 22.9 Å². The van der Waals surface area contributed by atoms with E-state index in [0.717, 1.165) is 5.57 Å². The zero-order valence-corrected chi connectivity index (χ0v) is 21.6. The maximum Gasteiger partial charge on any atom is 0.305 e. The number of ether oxygens (including phenoxy) is 1. The molecule has 34 heavy (non-hydrogen) atoms. The van der Waals surface area contributed by atoms with Crippen molar-refractivity contribution in [2.45, 2.75) is 64.0 Å². The van der Waals surface area contributed by atoms with Gasteiger partial charge in [-0.25, -0.2) is 0 Å². The highest BCUT2D eigenvalue weighted by molar-refractivity contribution is 6.99. The molecule has 0 spiro atoms. The van der Waals surface area contributed by atoms with Crippen molar-refractivity contribution >= 4 is 30.4 Å². The molecule has 0 N–H and O–H groups in total.